The van der Waals surface area contributed by atoms with Crippen LogP contribution in [0.15, 0.2) is 97.1 Å². The molecule has 0 amide bonds. The van der Waals surface area contributed by atoms with Crippen molar-refractivity contribution in [3.63, 3.8) is 0 Å². The smallest absolute Gasteiger partial charge is 0.188 e. The van der Waals surface area contributed by atoms with Crippen molar-refractivity contribution in [1.82, 2.24) is 0 Å². The normalized spacial score (nSPS) is 13.5. The van der Waals surface area contributed by atoms with E-state index in [1.54, 1.807) is 0 Å². The minimum atomic E-state index is -2.55. The van der Waals surface area contributed by atoms with E-state index in [2.05, 4.69) is 135 Å². The van der Waals surface area contributed by atoms with Crippen LogP contribution in [-0.2, 0) is 0 Å². The molecule has 0 aromatic heterocycles. The molecule has 0 N–H and O–H groups in total. The Morgan fingerprint density at radius 2 is 0.938 bits per heavy atom. The van der Waals surface area contributed by atoms with Crippen molar-refractivity contribution in [1.29, 1.82) is 0 Å². The van der Waals surface area contributed by atoms with Gasteiger partial charge >= 0.3 is 0 Å². The van der Waals surface area contributed by atoms with Gasteiger partial charge in [-0.15, -0.1) is 0 Å². The van der Waals surface area contributed by atoms with Crippen molar-refractivity contribution in [3.8, 4) is 11.5 Å². The van der Waals surface area contributed by atoms with Gasteiger partial charge in [0.25, 0.3) is 0 Å². The molecule has 4 aromatic rings. The molecule has 5 rings (SSSR count). The number of ether oxygens (including phenoxy) is 1. The molecule has 3 nitrogen and oxygen atoms in total. The van der Waals surface area contributed by atoms with E-state index in [0.717, 1.165) is 22.9 Å². The van der Waals surface area contributed by atoms with E-state index in [1.165, 1.54) is 20.7 Å². The lowest BCUT2D eigenvalue weighted by Gasteiger charge is -2.40. The molecule has 4 heteroatoms. The van der Waals surface area contributed by atoms with Gasteiger partial charge in [0.15, 0.2) is 8.07 Å². The molecule has 0 atom stereocenters. The molecule has 1 heterocycles. The first-order valence-electron chi connectivity index (χ1n) is 10.9. The first-order chi connectivity index (χ1) is 15.5. The minimum Gasteiger partial charge on any atom is -0.457 e. The van der Waals surface area contributed by atoms with Gasteiger partial charge in [-0.1, -0.05) is 72.8 Å². The van der Waals surface area contributed by atoms with Crippen LogP contribution in [0.25, 0.3) is 0 Å². The van der Waals surface area contributed by atoms with Gasteiger partial charge in [0.2, 0.25) is 0 Å². The SMILES string of the molecule is CN(C)c1ccc2c(c1)Oc1cc(N(C)C)ccc1[Si]2(c1ccccc1)c1ccccc1. The van der Waals surface area contributed by atoms with Crippen molar-refractivity contribution in [3.05, 3.63) is 97.1 Å². The number of benzene rings is 4. The van der Waals surface area contributed by atoms with Crippen molar-refractivity contribution in [2.75, 3.05) is 38.0 Å². The zero-order valence-electron chi connectivity index (χ0n) is 19.0. The molecule has 0 radical (unpaired) electrons. The summed E-state index contributed by atoms with van der Waals surface area (Å²) >= 11 is 0. The second-order valence-electron chi connectivity index (χ2n) is 8.73. The van der Waals surface area contributed by atoms with E-state index >= 15 is 0 Å². The summed E-state index contributed by atoms with van der Waals surface area (Å²) in [5, 5.41) is 5.33. The fourth-order valence-electron chi connectivity index (χ4n) is 4.80. The van der Waals surface area contributed by atoms with Crippen LogP contribution in [0.2, 0.25) is 0 Å². The Morgan fingerprint density at radius 1 is 0.531 bits per heavy atom. The van der Waals surface area contributed by atoms with Crippen LogP contribution in [0.4, 0.5) is 11.4 Å². The maximum absolute atomic E-state index is 6.64. The van der Waals surface area contributed by atoms with Crippen molar-refractivity contribution in [2.45, 2.75) is 0 Å². The number of fused-ring (bicyclic) bond motifs is 2. The lowest BCUT2D eigenvalue weighted by Crippen LogP contribution is -2.76. The van der Waals surface area contributed by atoms with Crippen LogP contribution < -0.4 is 35.3 Å². The Morgan fingerprint density at radius 3 is 1.31 bits per heavy atom. The summed E-state index contributed by atoms with van der Waals surface area (Å²) in [5.41, 5.74) is 2.28. The van der Waals surface area contributed by atoms with Gasteiger partial charge in [-0.05, 0) is 32.9 Å². The average Bonchev–Trinajstić information content (AvgIpc) is 2.82. The molecule has 1 aliphatic heterocycles. The monoisotopic (exact) mass is 436 g/mol. The van der Waals surface area contributed by atoms with E-state index in [-0.39, 0.29) is 0 Å². The Labute approximate surface area is 191 Å². The lowest BCUT2D eigenvalue weighted by atomic mass is 10.2. The Kier molecular flexibility index (Phi) is 5.02. The number of hydrogen-bond acceptors (Lipinski definition) is 3. The third-order valence-electron chi connectivity index (χ3n) is 6.40. The molecule has 0 aliphatic carbocycles. The lowest BCUT2D eigenvalue weighted by molar-refractivity contribution is 0.487. The van der Waals surface area contributed by atoms with Crippen LogP contribution in [0.1, 0.15) is 0 Å². The fourth-order valence-corrected chi connectivity index (χ4v) is 9.70. The van der Waals surface area contributed by atoms with Gasteiger partial charge in [0.05, 0.1) is 0 Å². The van der Waals surface area contributed by atoms with Crippen LogP contribution >= 0.6 is 0 Å². The standard InChI is InChI=1S/C28H28N2OSi/c1-29(2)21-15-17-27-25(19-21)31-26-20-22(30(3)4)16-18-28(26)32(27,23-11-7-5-8-12-23)24-13-9-6-10-14-24/h5-20H,1-4H3. The highest BCUT2D eigenvalue weighted by Crippen LogP contribution is 2.33. The van der Waals surface area contributed by atoms with Crippen LogP contribution in [-0.4, -0.2) is 36.3 Å². The molecule has 1 aliphatic rings. The van der Waals surface area contributed by atoms with Crippen molar-refractivity contribution < 1.29 is 4.74 Å². The summed E-state index contributed by atoms with van der Waals surface area (Å²) in [4.78, 5) is 4.26. The van der Waals surface area contributed by atoms with E-state index in [4.69, 9.17) is 4.74 Å². The molecule has 32 heavy (non-hydrogen) atoms. The molecule has 0 unspecified atom stereocenters. The van der Waals surface area contributed by atoms with Crippen LogP contribution in [0.3, 0.4) is 0 Å². The first kappa shape index (κ1) is 20.4. The summed E-state index contributed by atoms with van der Waals surface area (Å²) in [6, 6.07) is 35.4. The number of anilines is 2. The highest BCUT2D eigenvalue weighted by atomic mass is 28.3. The van der Waals surface area contributed by atoms with E-state index in [1.807, 2.05) is 0 Å². The zero-order valence-corrected chi connectivity index (χ0v) is 20.0. The molecule has 4 aromatic carbocycles. The highest BCUT2D eigenvalue weighted by Gasteiger charge is 2.48. The third kappa shape index (κ3) is 3.10. The zero-order chi connectivity index (χ0) is 22.3. The summed E-state index contributed by atoms with van der Waals surface area (Å²) in [5.74, 6) is 1.91. The summed E-state index contributed by atoms with van der Waals surface area (Å²) in [6.07, 6.45) is 0. The minimum absolute atomic E-state index is 0.957. The molecule has 0 spiro atoms. The van der Waals surface area contributed by atoms with Gasteiger partial charge < -0.3 is 14.5 Å². The van der Waals surface area contributed by atoms with E-state index < -0.39 is 8.07 Å². The highest BCUT2D eigenvalue weighted by molar-refractivity contribution is 7.20. The maximum Gasteiger partial charge on any atom is 0.188 e. The summed E-state index contributed by atoms with van der Waals surface area (Å²) in [6.45, 7) is 0. The maximum atomic E-state index is 6.64. The Bertz CT molecular complexity index is 1150. The second-order valence-corrected chi connectivity index (χ2v) is 12.5. The van der Waals surface area contributed by atoms with Gasteiger partial charge in [0, 0.05) is 51.7 Å². The van der Waals surface area contributed by atoms with Crippen molar-refractivity contribution >= 4 is 40.2 Å². The van der Waals surface area contributed by atoms with Gasteiger partial charge in [-0.25, -0.2) is 0 Å². The average molecular weight is 437 g/mol. The molecular formula is C28H28N2OSi. The van der Waals surface area contributed by atoms with Gasteiger partial charge in [-0.2, -0.15) is 0 Å². The van der Waals surface area contributed by atoms with Crippen LogP contribution in [0.5, 0.6) is 11.5 Å². The summed E-state index contributed by atoms with van der Waals surface area (Å²) in [7, 11) is 5.73. The van der Waals surface area contributed by atoms with Gasteiger partial charge in [-0.3, -0.25) is 0 Å². The van der Waals surface area contributed by atoms with Gasteiger partial charge in [0.1, 0.15) is 11.5 Å². The molecule has 160 valence electrons. The summed E-state index contributed by atoms with van der Waals surface area (Å²) < 4.78 is 6.64. The topological polar surface area (TPSA) is 15.7 Å². The number of rotatable bonds is 4. The van der Waals surface area contributed by atoms with Crippen LogP contribution in [0, 0.1) is 0 Å². The predicted octanol–water partition coefficient (Wildman–Crippen LogP) is 3.30. The molecule has 0 fully saturated rings. The Hall–Kier alpha value is -3.50. The molecule has 0 saturated heterocycles. The first-order valence-corrected chi connectivity index (χ1v) is 12.9. The van der Waals surface area contributed by atoms with Crippen molar-refractivity contribution in [2.24, 2.45) is 0 Å². The molecule has 0 bridgehead atoms. The molecule has 0 saturated carbocycles. The fraction of sp³-hybridized carbons (Fsp3) is 0.143. The number of nitrogens with zero attached hydrogens (tertiary/aromatic N) is 2. The largest absolute Gasteiger partial charge is 0.457 e. The Balaban J connectivity index is 1.91. The predicted molar refractivity (Wildman–Crippen MR) is 139 cm³/mol. The quantitative estimate of drug-likeness (QED) is 0.402. The third-order valence-corrected chi connectivity index (χ3v) is 11.2. The van der Waals surface area contributed by atoms with E-state index in [0.29, 0.717) is 0 Å². The number of hydrogen-bond donors (Lipinski definition) is 0. The second kappa shape index (κ2) is 7.88. The molecular weight excluding hydrogens is 408 g/mol. The van der Waals surface area contributed by atoms with E-state index in [9.17, 15) is 0 Å².